The number of nitrogens with zero attached hydrogens (tertiary/aromatic N) is 2. The molecule has 0 spiro atoms. The van der Waals surface area contributed by atoms with Gasteiger partial charge < -0.3 is 9.63 Å². The summed E-state index contributed by atoms with van der Waals surface area (Å²) < 4.78 is 5.33. The smallest absolute Gasteiger partial charge is 0.168 e. The van der Waals surface area contributed by atoms with Crippen LogP contribution in [-0.4, -0.2) is 34.1 Å². The summed E-state index contributed by atoms with van der Waals surface area (Å²) >= 11 is 0. The van der Waals surface area contributed by atoms with Crippen molar-refractivity contribution in [2.24, 2.45) is 4.99 Å². The van der Waals surface area contributed by atoms with E-state index in [1.54, 1.807) is 0 Å². The molecule has 6 heteroatoms. The zero-order chi connectivity index (χ0) is 21.8. The molecule has 1 heterocycles. The SMILES string of the molecule is CCCN=C1CC(c2ccccc2)CC(=O)/C1=C(\O)CCc1noc2c1C(=O)CCC2. The lowest BCUT2D eigenvalue weighted by Gasteiger charge is -2.26. The normalized spacial score (nSPS) is 22.0. The molecule has 1 aromatic heterocycles. The van der Waals surface area contributed by atoms with Crippen molar-refractivity contribution in [3.8, 4) is 0 Å². The van der Waals surface area contributed by atoms with Gasteiger partial charge in [-0.15, -0.1) is 0 Å². The second-order valence-corrected chi connectivity index (χ2v) is 8.29. The van der Waals surface area contributed by atoms with E-state index in [4.69, 9.17) is 4.52 Å². The maximum absolute atomic E-state index is 13.1. The van der Waals surface area contributed by atoms with Crippen molar-refractivity contribution in [3.05, 3.63) is 64.2 Å². The number of ketones is 2. The minimum Gasteiger partial charge on any atom is -0.511 e. The summed E-state index contributed by atoms with van der Waals surface area (Å²) in [7, 11) is 0. The largest absolute Gasteiger partial charge is 0.511 e. The van der Waals surface area contributed by atoms with Gasteiger partial charge in [0.05, 0.1) is 16.8 Å². The number of aliphatic hydroxyl groups excluding tert-OH is 1. The van der Waals surface area contributed by atoms with Crippen LogP contribution in [0.25, 0.3) is 0 Å². The zero-order valence-electron chi connectivity index (χ0n) is 17.9. The van der Waals surface area contributed by atoms with Crippen molar-refractivity contribution in [1.82, 2.24) is 5.16 Å². The van der Waals surface area contributed by atoms with E-state index < -0.39 is 0 Å². The number of aryl methyl sites for hydroxylation is 2. The molecule has 6 nitrogen and oxygen atoms in total. The first-order valence-corrected chi connectivity index (χ1v) is 11.1. The monoisotopic (exact) mass is 420 g/mol. The highest BCUT2D eigenvalue weighted by molar-refractivity contribution is 6.24. The number of rotatable bonds is 6. The van der Waals surface area contributed by atoms with E-state index in [0.717, 1.165) is 18.4 Å². The van der Waals surface area contributed by atoms with Gasteiger partial charge in [0.1, 0.15) is 11.5 Å². The average Bonchev–Trinajstić information content (AvgIpc) is 3.20. The average molecular weight is 421 g/mol. The van der Waals surface area contributed by atoms with Crippen LogP contribution in [0, 0.1) is 0 Å². The fourth-order valence-electron chi connectivity index (χ4n) is 4.49. The number of aliphatic hydroxyl groups is 1. The first-order chi connectivity index (χ1) is 15.1. The fourth-order valence-corrected chi connectivity index (χ4v) is 4.49. The number of hydrogen-bond acceptors (Lipinski definition) is 6. The Morgan fingerprint density at radius 3 is 2.74 bits per heavy atom. The highest BCUT2D eigenvalue weighted by Gasteiger charge is 2.32. The Hall–Kier alpha value is -3.02. The van der Waals surface area contributed by atoms with E-state index >= 15 is 0 Å². The van der Waals surface area contributed by atoms with E-state index in [9.17, 15) is 14.7 Å². The standard InChI is InChI=1S/C25H28N2O4/c1-2-13-26-19-14-17(16-7-4-3-5-8-16)15-22(30)24(19)21(29)12-11-18-25-20(28)9-6-10-23(25)31-27-18/h3-5,7-8,17,29H,2,6,9-15H2,1H3/b24-21-,26-19?. The van der Waals surface area contributed by atoms with Crippen LogP contribution >= 0.6 is 0 Å². The van der Waals surface area contributed by atoms with Crippen LogP contribution < -0.4 is 0 Å². The first kappa shape index (κ1) is 21.2. The van der Waals surface area contributed by atoms with Crippen molar-refractivity contribution in [2.45, 2.75) is 64.2 Å². The third-order valence-electron chi connectivity index (χ3n) is 6.04. The molecule has 1 atom stereocenters. The lowest BCUT2D eigenvalue weighted by Crippen LogP contribution is -2.27. The molecule has 1 aromatic carbocycles. The minimum absolute atomic E-state index is 0.0337. The number of aromatic nitrogens is 1. The Morgan fingerprint density at radius 2 is 1.97 bits per heavy atom. The summed E-state index contributed by atoms with van der Waals surface area (Å²) in [5.74, 6) is 0.718. The van der Waals surface area contributed by atoms with Crippen LogP contribution in [0.3, 0.4) is 0 Å². The second-order valence-electron chi connectivity index (χ2n) is 8.29. The van der Waals surface area contributed by atoms with Gasteiger partial charge in [-0.05, 0) is 30.7 Å². The molecule has 0 radical (unpaired) electrons. The molecular formula is C25H28N2O4. The molecule has 2 aromatic rings. The Labute approximate surface area is 182 Å². The molecule has 0 saturated heterocycles. The van der Waals surface area contributed by atoms with Crippen molar-refractivity contribution < 1.29 is 19.2 Å². The summed E-state index contributed by atoms with van der Waals surface area (Å²) in [5, 5.41) is 14.9. The highest BCUT2D eigenvalue weighted by atomic mass is 16.5. The van der Waals surface area contributed by atoms with Gasteiger partial charge >= 0.3 is 0 Å². The van der Waals surface area contributed by atoms with E-state index in [2.05, 4.69) is 10.1 Å². The third kappa shape index (κ3) is 4.53. The van der Waals surface area contributed by atoms with Crippen molar-refractivity contribution in [1.29, 1.82) is 0 Å². The summed E-state index contributed by atoms with van der Waals surface area (Å²) in [6.07, 6.45) is 4.44. The van der Waals surface area contributed by atoms with Gasteiger partial charge in [0.2, 0.25) is 0 Å². The van der Waals surface area contributed by atoms with E-state index in [-0.39, 0.29) is 29.7 Å². The number of carbonyl (C=O) groups is 2. The molecule has 0 aliphatic heterocycles. The molecule has 0 bridgehead atoms. The number of allylic oxidation sites excluding steroid dienone is 2. The topological polar surface area (TPSA) is 92.8 Å². The Morgan fingerprint density at radius 1 is 1.16 bits per heavy atom. The summed E-state index contributed by atoms with van der Waals surface area (Å²) in [5.41, 5.74) is 3.30. The minimum atomic E-state index is -0.0780. The zero-order valence-corrected chi connectivity index (χ0v) is 17.9. The van der Waals surface area contributed by atoms with Gasteiger partial charge in [0.25, 0.3) is 0 Å². The number of Topliss-reactive ketones (excluding diaryl/α,β-unsaturated/α-hetero) is 2. The predicted molar refractivity (Wildman–Crippen MR) is 118 cm³/mol. The van der Waals surface area contributed by atoms with Crippen LogP contribution in [-0.2, 0) is 17.6 Å². The quantitative estimate of drug-likeness (QED) is 0.528. The van der Waals surface area contributed by atoms with Crippen LogP contribution in [0.1, 0.15) is 78.7 Å². The molecule has 1 unspecified atom stereocenters. The van der Waals surface area contributed by atoms with Crippen molar-refractivity contribution in [3.63, 3.8) is 0 Å². The van der Waals surface area contributed by atoms with Gasteiger partial charge in [-0.1, -0.05) is 42.4 Å². The van der Waals surface area contributed by atoms with Gasteiger partial charge in [0, 0.05) is 44.4 Å². The van der Waals surface area contributed by atoms with Crippen LogP contribution in [0.4, 0.5) is 0 Å². The number of hydrogen-bond donors (Lipinski definition) is 1. The van der Waals surface area contributed by atoms with Gasteiger partial charge in [-0.3, -0.25) is 14.6 Å². The lowest BCUT2D eigenvalue weighted by atomic mass is 9.78. The maximum atomic E-state index is 13.1. The summed E-state index contributed by atoms with van der Waals surface area (Å²) in [6.45, 7) is 2.66. The molecule has 31 heavy (non-hydrogen) atoms. The molecular weight excluding hydrogens is 392 g/mol. The molecule has 2 aliphatic carbocycles. The molecule has 1 fully saturated rings. The Kier molecular flexibility index (Phi) is 6.44. The highest BCUT2D eigenvalue weighted by Crippen LogP contribution is 2.34. The third-order valence-corrected chi connectivity index (χ3v) is 6.04. The van der Waals surface area contributed by atoms with E-state index in [1.165, 1.54) is 0 Å². The molecule has 162 valence electrons. The van der Waals surface area contributed by atoms with Crippen molar-refractivity contribution >= 4 is 17.3 Å². The molecule has 1 saturated carbocycles. The Bertz CT molecular complexity index is 1030. The van der Waals surface area contributed by atoms with E-state index in [1.807, 2.05) is 37.3 Å². The molecule has 1 N–H and O–H groups in total. The van der Waals surface area contributed by atoms with Crippen LogP contribution in [0.5, 0.6) is 0 Å². The number of benzene rings is 1. The van der Waals surface area contributed by atoms with Gasteiger partial charge in [-0.2, -0.15) is 0 Å². The maximum Gasteiger partial charge on any atom is 0.168 e. The predicted octanol–water partition coefficient (Wildman–Crippen LogP) is 4.94. The number of aliphatic imine (C=N–C) groups is 1. The van der Waals surface area contributed by atoms with Crippen LogP contribution in [0.2, 0.25) is 0 Å². The summed E-state index contributed by atoms with van der Waals surface area (Å²) in [6, 6.07) is 9.99. The first-order valence-electron chi connectivity index (χ1n) is 11.1. The lowest BCUT2D eigenvalue weighted by molar-refractivity contribution is -0.116. The summed E-state index contributed by atoms with van der Waals surface area (Å²) in [4.78, 5) is 30.0. The van der Waals surface area contributed by atoms with E-state index in [0.29, 0.717) is 67.0 Å². The molecule has 2 aliphatic rings. The number of carbonyl (C=O) groups excluding carboxylic acids is 2. The number of fused-ring (bicyclic) bond motifs is 1. The van der Waals surface area contributed by atoms with Crippen molar-refractivity contribution in [2.75, 3.05) is 6.54 Å². The fraction of sp³-hybridized carbons (Fsp3) is 0.440. The Balaban J connectivity index is 1.56. The van der Waals surface area contributed by atoms with Crippen LogP contribution in [0.15, 0.2) is 51.2 Å². The van der Waals surface area contributed by atoms with Gasteiger partial charge in [-0.25, -0.2) is 0 Å². The molecule has 0 amide bonds. The van der Waals surface area contributed by atoms with Gasteiger partial charge in [0.15, 0.2) is 11.6 Å². The second kappa shape index (κ2) is 9.41. The molecule has 4 rings (SSSR count).